The van der Waals surface area contributed by atoms with Gasteiger partial charge in [0.25, 0.3) is 0 Å². The topological polar surface area (TPSA) is 17.1 Å². The SMILES string of the molecule is O=C(CBr)c1ccc(Cl)c(I)c1Br. The van der Waals surface area contributed by atoms with E-state index in [1.165, 1.54) is 0 Å². The van der Waals surface area contributed by atoms with Crippen LogP contribution in [0, 0.1) is 3.57 Å². The maximum atomic E-state index is 11.4. The quantitative estimate of drug-likeness (QED) is 0.292. The number of carbonyl (C=O) groups is 1. The summed E-state index contributed by atoms with van der Waals surface area (Å²) < 4.78 is 1.64. The summed E-state index contributed by atoms with van der Waals surface area (Å²) in [6.45, 7) is 0. The minimum atomic E-state index is 0.0430. The van der Waals surface area contributed by atoms with Gasteiger partial charge >= 0.3 is 0 Å². The average Bonchev–Trinajstić information content (AvgIpc) is 2.13. The first-order valence-electron chi connectivity index (χ1n) is 3.30. The molecule has 1 nitrogen and oxygen atoms in total. The van der Waals surface area contributed by atoms with Crippen LogP contribution >= 0.6 is 66.1 Å². The fourth-order valence-corrected chi connectivity index (χ4v) is 2.42. The molecule has 0 aromatic heterocycles. The molecule has 0 saturated carbocycles. The van der Waals surface area contributed by atoms with Crippen molar-refractivity contribution in [3.63, 3.8) is 0 Å². The number of Topliss-reactive ketones (excluding diaryl/α,β-unsaturated/α-hetero) is 1. The molecular weight excluding hydrogens is 434 g/mol. The average molecular weight is 438 g/mol. The molecule has 0 N–H and O–H groups in total. The van der Waals surface area contributed by atoms with E-state index >= 15 is 0 Å². The van der Waals surface area contributed by atoms with Crippen LogP contribution in [-0.4, -0.2) is 11.1 Å². The van der Waals surface area contributed by atoms with E-state index in [0.29, 0.717) is 15.9 Å². The van der Waals surface area contributed by atoms with Crippen LogP contribution in [-0.2, 0) is 0 Å². The largest absolute Gasteiger partial charge is 0.293 e. The smallest absolute Gasteiger partial charge is 0.174 e. The van der Waals surface area contributed by atoms with E-state index in [1.54, 1.807) is 12.1 Å². The van der Waals surface area contributed by atoms with Crippen LogP contribution in [0.1, 0.15) is 10.4 Å². The standard InChI is InChI=1S/C8H4Br2ClIO/c9-3-6(13)4-1-2-5(11)8(12)7(4)10/h1-2H,3H2. The summed E-state index contributed by atoms with van der Waals surface area (Å²) in [6.07, 6.45) is 0. The number of halogens is 4. The molecular formula is C8H4Br2ClIO. The van der Waals surface area contributed by atoms with Gasteiger partial charge in [-0.25, -0.2) is 0 Å². The summed E-state index contributed by atoms with van der Waals surface area (Å²) in [6, 6.07) is 3.45. The molecule has 1 rings (SSSR count). The second kappa shape index (κ2) is 5.09. The molecule has 1 aromatic carbocycles. The molecule has 0 aliphatic carbocycles. The number of hydrogen-bond acceptors (Lipinski definition) is 1. The van der Waals surface area contributed by atoms with E-state index in [0.717, 1.165) is 8.04 Å². The molecule has 0 aliphatic rings. The zero-order valence-electron chi connectivity index (χ0n) is 6.28. The Kier molecular flexibility index (Phi) is 4.68. The van der Waals surface area contributed by atoms with Crippen molar-refractivity contribution in [1.29, 1.82) is 0 Å². The summed E-state index contributed by atoms with van der Waals surface area (Å²) in [7, 11) is 0. The molecule has 13 heavy (non-hydrogen) atoms. The minimum Gasteiger partial charge on any atom is -0.293 e. The van der Waals surface area contributed by atoms with Gasteiger partial charge in [0.05, 0.1) is 10.4 Å². The van der Waals surface area contributed by atoms with E-state index in [9.17, 15) is 4.79 Å². The van der Waals surface area contributed by atoms with E-state index in [2.05, 4.69) is 54.5 Å². The predicted molar refractivity (Wildman–Crippen MR) is 70.0 cm³/mol. The molecule has 0 spiro atoms. The number of alkyl halides is 1. The molecule has 0 aliphatic heterocycles. The van der Waals surface area contributed by atoms with Crippen LogP contribution in [0.2, 0.25) is 5.02 Å². The third-order valence-electron chi connectivity index (χ3n) is 1.46. The number of hydrogen-bond donors (Lipinski definition) is 0. The van der Waals surface area contributed by atoms with E-state index in [4.69, 9.17) is 11.6 Å². The van der Waals surface area contributed by atoms with Crippen molar-refractivity contribution < 1.29 is 4.79 Å². The summed E-state index contributed by atoms with van der Waals surface area (Å²) in [5, 5.41) is 0.974. The van der Waals surface area contributed by atoms with Gasteiger partial charge in [0.2, 0.25) is 0 Å². The van der Waals surface area contributed by atoms with Gasteiger partial charge in [0, 0.05) is 13.6 Å². The molecule has 0 unspecified atom stereocenters. The van der Waals surface area contributed by atoms with Crippen molar-refractivity contribution in [2.45, 2.75) is 0 Å². The van der Waals surface area contributed by atoms with E-state index in [-0.39, 0.29) is 5.78 Å². The zero-order valence-corrected chi connectivity index (χ0v) is 12.4. The van der Waals surface area contributed by atoms with Gasteiger partial charge in [-0.2, -0.15) is 0 Å². The van der Waals surface area contributed by atoms with Crippen molar-refractivity contribution in [3.05, 3.63) is 30.8 Å². The lowest BCUT2D eigenvalue weighted by molar-refractivity contribution is 0.102. The van der Waals surface area contributed by atoms with Crippen LogP contribution in [0.5, 0.6) is 0 Å². The van der Waals surface area contributed by atoms with Crippen LogP contribution in [0.3, 0.4) is 0 Å². The second-order valence-electron chi connectivity index (χ2n) is 2.28. The molecule has 0 heterocycles. The Morgan fingerprint density at radius 3 is 2.69 bits per heavy atom. The van der Waals surface area contributed by atoms with Gasteiger partial charge < -0.3 is 0 Å². The molecule has 1 aromatic rings. The van der Waals surface area contributed by atoms with E-state index < -0.39 is 0 Å². The minimum absolute atomic E-state index is 0.0430. The van der Waals surface area contributed by atoms with Crippen molar-refractivity contribution >= 4 is 71.8 Å². The van der Waals surface area contributed by atoms with Gasteiger partial charge in [-0.15, -0.1) is 0 Å². The monoisotopic (exact) mass is 436 g/mol. The maximum absolute atomic E-state index is 11.4. The molecule has 70 valence electrons. The molecule has 0 atom stereocenters. The Hall–Kier alpha value is 0.870. The lowest BCUT2D eigenvalue weighted by Crippen LogP contribution is -2.02. The number of rotatable bonds is 2. The summed E-state index contributed by atoms with van der Waals surface area (Å²) >= 11 is 14.4. The lowest BCUT2D eigenvalue weighted by atomic mass is 10.1. The Balaban J connectivity index is 3.26. The molecule has 0 radical (unpaired) electrons. The van der Waals surface area contributed by atoms with Crippen molar-refractivity contribution in [1.82, 2.24) is 0 Å². The van der Waals surface area contributed by atoms with Gasteiger partial charge in [-0.3, -0.25) is 4.79 Å². The molecule has 5 heteroatoms. The van der Waals surface area contributed by atoms with Crippen LogP contribution in [0.25, 0.3) is 0 Å². The summed E-state index contributed by atoms with van der Waals surface area (Å²) in [5.41, 5.74) is 0.658. The predicted octanol–water partition coefficient (Wildman–Crippen LogP) is 4.28. The summed E-state index contributed by atoms with van der Waals surface area (Å²) in [5.74, 6) is 0.0430. The van der Waals surface area contributed by atoms with E-state index in [1.807, 2.05) is 0 Å². The zero-order chi connectivity index (χ0) is 10.0. The van der Waals surface area contributed by atoms with Gasteiger partial charge in [-0.05, 0) is 50.7 Å². The first-order valence-corrected chi connectivity index (χ1v) is 6.67. The van der Waals surface area contributed by atoms with Crippen molar-refractivity contribution in [2.24, 2.45) is 0 Å². The van der Waals surface area contributed by atoms with Crippen molar-refractivity contribution in [3.8, 4) is 0 Å². The lowest BCUT2D eigenvalue weighted by Gasteiger charge is -2.04. The highest BCUT2D eigenvalue weighted by Crippen LogP contribution is 2.30. The fourth-order valence-electron chi connectivity index (χ4n) is 0.813. The van der Waals surface area contributed by atoms with Crippen molar-refractivity contribution in [2.75, 3.05) is 5.33 Å². The van der Waals surface area contributed by atoms with Crippen LogP contribution < -0.4 is 0 Å². The van der Waals surface area contributed by atoms with Gasteiger partial charge in [-0.1, -0.05) is 27.5 Å². The Morgan fingerprint density at radius 2 is 2.15 bits per heavy atom. The number of benzene rings is 1. The second-order valence-corrected chi connectivity index (χ2v) is 5.12. The maximum Gasteiger partial charge on any atom is 0.174 e. The highest BCUT2D eigenvalue weighted by Gasteiger charge is 2.12. The number of carbonyl (C=O) groups excluding carboxylic acids is 1. The van der Waals surface area contributed by atoms with Gasteiger partial charge in [0.15, 0.2) is 5.78 Å². The number of ketones is 1. The Bertz CT molecular complexity index is 354. The van der Waals surface area contributed by atoms with Crippen LogP contribution in [0.4, 0.5) is 0 Å². The molecule has 0 saturated heterocycles. The molecule has 0 fully saturated rings. The molecule has 0 amide bonds. The third kappa shape index (κ3) is 2.67. The Labute approximate surface area is 112 Å². The normalized spacial score (nSPS) is 10.2. The third-order valence-corrected chi connectivity index (χ3v) is 5.29. The van der Waals surface area contributed by atoms with Crippen LogP contribution in [0.15, 0.2) is 16.6 Å². The summed E-state index contributed by atoms with van der Waals surface area (Å²) in [4.78, 5) is 11.4. The Morgan fingerprint density at radius 1 is 1.54 bits per heavy atom. The first-order chi connectivity index (χ1) is 6.07. The highest BCUT2D eigenvalue weighted by atomic mass is 127. The highest BCUT2D eigenvalue weighted by molar-refractivity contribution is 14.1. The first kappa shape index (κ1) is 11.9. The fraction of sp³-hybridized carbons (Fsp3) is 0.125. The van der Waals surface area contributed by atoms with Gasteiger partial charge in [0.1, 0.15) is 0 Å². The molecule has 0 bridgehead atoms.